The molecule has 0 aromatic rings. The van der Waals surface area contributed by atoms with Gasteiger partial charge in [-0.3, -0.25) is 4.79 Å². The van der Waals surface area contributed by atoms with E-state index < -0.39 is 82.5 Å². The van der Waals surface area contributed by atoms with Crippen LogP contribution in [0.5, 0.6) is 0 Å². The Morgan fingerprint density at radius 2 is 0.821 bits per heavy atom. The maximum Gasteiger partial charge on any atom is 0.437 e. The fraction of sp³-hybridized carbons (Fsp3) is 0.833. The Hall–Kier alpha value is -1.78. The van der Waals surface area contributed by atoms with E-state index in [9.17, 15) is 67.1 Å². The molecule has 1 unspecified atom stereocenters. The topological polar surface area (TPSA) is 119 Å². The van der Waals surface area contributed by atoms with Crippen LogP contribution in [0.1, 0.15) is 27.2 Å². The summed E-state index contributed by atoms with van der Waals surface area (Å²) < 4.78 is 165. The molecule has 21 heteroatoms. The van der Waals surface area contributed by atoms with Crippen LogP contribution in [0.4, 0.5) is 52.7 Å². The maximum atomic E-state index is 12.9. The number of hydrogen-bond donors (Lipinski definition) is 2. The van der Waals surface area contributed by atoms with Crippen molar-refractivity contribution >= 4 is 40.5 Å². The first kappa shape index (κ1) is 37.2. The van der Waals surface area contributed by atoms with Gasteiger partial charge in [-0.05, 0) is 20.3 Å². The Bertz CT molecular complexity index is 826. The number of alkyl halides is 13. The summed E-state index contributed by atoms with van der Waals surface area (Å²) >= 11 is 1.53. The van der Waals surface area contributed by atoms with Gasteiger partial charge in [-0.25, -0.2) is 9.59 Å². The number of carbonyl (C=O) groups excluding carboxylic acids is 3. The molecule has 39 heavy (non-hydrogen) atoms. The highest BCUT2D eigenvalue weighted by Gasteiger charge is 2.78. The van der Waals surface area contributed by atoms with Gasteiger partial charge in [0.05, 0.1) is 5.41 Å². The van der Waals surface area contributed by atoms with Gasteiger partial charge in [0.15, 0.2) is 0 Å². The van der Waals surface area contributed by atoms with E-state index in [0.717, 1.165) is 0 Å². The molecule has 8 nitrogen and oxygen atoms in total. The van der Waals surface area contributed by atoms with E-state index in [-0.39, 0.29) is 6.42 Å². The fourth-order valence-corrected chi connectivity index (χ4v) is 2.29. The van der Waals surface area contributed by atoms with Crippen LogP contribution in [0.15, 0.2) is 0 Å². The molecule has 0 fully saturated rings. The van der Waals surface area contributed by atoms with Gasteiger partial charge in [-0.15, -0.1) is 0 Å². The molecule has 0 amide bonds. The van der Waals surface area contributed by atoms with Crippen molar-refractivity contribution in [1.29, 1.82) is 0 Å². The zero-order chi connectivity index (χ0) is 31.7. The van der Waals surface area contributed by atoms with E-state index in [4.69, 9.17) is 14.9 Å². The van der Waals surface area contributed by atoms with E-state index in [0.29, 0.717) is 6.92 Å². The van der Waals surface area contributed by atoms with Crippen LogP contribution in [0.3, 0.4) is 0 Å². The van der Waals surface area contributed by atoms with Crippen molar-refractivity contribution in [3.8, 4) is 0 Å². The minimum atomic E-state index is -6.72. The van der Waals surface area contributed by atoms with E-state index >= 15 is 0 Å². The van der Waals surface area contributed by atoms with Crippen LogP contribution in [0.25, 0.3) is 0 Å². The maximum absolute atomic E-state index is 12.9. The second-order valence-electron chi connectivity index (χ2n) is 8.50. The Kier molecular flexibility index (Phi) is 11.1. The van der Waals surface area contributed by atoms with Crippen molar-refractivity contribution in [2.45, 2.75) is 66.5 Å². The third-order valence-electron chi connectivity index (χ3n) is 4.98. The number of ether oxygens (including phenoxy) is 3. The van der Waals surface area contributed by atoms with Crippen molar-refractivity contribution in [1.82, 2.24) is 0 Å². The molecule has 0 aliphatic carbocycles. The third kappa shape index (κ3) is 7.91. The average Bonchev–Trinajstić information content (AvgIpc) is 2.75. The van der Waals surface area contributed by atoms with Gasteiger partial charge in [0.25, 0.3) is 0 Å². The number of halogens is 13. The Balaban J connectivity index is 6.23. The fourth-order valence-electron chi connectivity index (χ4n) is 2.13. The molecule has 0 bridgehead atoms. The van der Waals surface area contributed by atoms with Gasteiger partial charge >= 0.3 is 53.8 Å². The highest BCUT2D eigenvalue weighted by atomic mass is 127. The Morgan fingerprint density at radius 1 is 0.590 bits per heavy atom. The molecule has 0 saturated heterocycles. The van der Waals surface area contributed by atoms with Crippen molar-refractivity contribution in [2.75, 3.05) is 19.8 Å². The molecule has 0 aromatic heterocycles. The molecule has 0 aromatic carbocycles. The molecule has 1 atom stereocenters. The molecule has 0 radical (unpaired) electrons. The minimum absolute atomic E-state index is 0.0431. The van der Waals surface area contributed by atoms with Crippen LogP contribution >= 0.6 is 22.6 Å². The monoisotopic (exact) mass is 718 g/mol. The van der Waals surface area contributed by atoms with Gasteiger partial charge in [-0.2, -0.15) is 52.7 Å². The number of rotatable bonds is 10. The van der Waals surface area contributed by atoms with Crippen LogP contribution in [-0.2, 0) is 28.6 Å². The quantitative estimate of drug-likeness (QED) is 0.115. The summed E-state index contributed by atoms with van der Waals surface area (Å²) in [6.45, 7) is -1.81. The number of hydrogen-bond acceptors (Lipinski definition) is 8. The molecule has 0 aliphatic heterocycles. The zero-order valence-electron chi connectivity index (χ0n) is 19.6. The zero-order valence-corrected chi connectivity index (χ0v) is 21.7. The molecule has 0 spiro atoms. The highest BCUT2D eigenvalue weighted by molar-refractivity contribution is 14.1. The van der Waals surface area contributed by atoms with Crippen LogP contribution < -0.4 is 0 Å². The average molecular weight is 718 g/mol. The summed E-state index contributed by atoms with van der Waals surface area (Å²) in [6, 6.07) is 0. The molecular weight excluding hydrogens is 699 g/mol. The number of aliphatic hydroxyl groups is 2. The van der Waals surface area contributed by atoms with Crippen molar-refractivity contribution in [3.05, 3.63) is 0 Å². The lowest BCUT2D eigenvalue weighted by Crippen LogP contribution is -2.63. The van der Waals surface area contributed by atoms with Gasteiger partial charge in [-0.1, -0.05) is 29.5 Å². The second-order valence-corrected chi connectivity index (χ2v) is 10.9. The minimum Gasteiger partial charge on any atom is -0.464 e. The molecule has 230 valence electrons. The van der Waals surface area contributed by atoms with E-state index in [1.54, 1.807) is 0 Å². The normalized spacial score (nSPS) is 15.8. The van der Waals surface area contributed by atoms with E-state index in [2.05, 4.69) is 9.47 Å². The molecule has 0 aliphatic rings. The third-order valence-corrected chi connectivity index (χ3v) is 6.18. The van der Waals surface area contributed by atoms with Gasteiger partial charge in [0, 0.05) is 0 Å². The summed E-state index contributed by atoms with van der Waals surface area (Å²) in [7, 11) is 0. The number of carbonyl (C=O) groups is 3. The second kappa shape index (κ2) is 11.6. The SMILES string of the molecule is CCC(C)(I)C(=O)OCC(C)(COC(=O)C(O)(C(F)(F)F)C(F)(F)F)COC(=O)C(O)(C(F)(F)F)C(F)(F)F. The molecule has 0 saturated carbocycles. The lowest BCUT2D eigenvalue weighted by Gasteiger charge is -2.34. The number of esters is 3. The molecule has 0 heterocycles. The van der Waals surface area contributed by atoms with Gasteiger partial charge < -0.3 is 24.4 Å². The smallest absolute Gasteiger partial charge is 0.437 e. The van der Waals surface area contributed by atoms with E-state index in [1.807, 2.05) is 0 Å². The van der Waals surface area contributed by atoms with Crippen LogP contribution in [-0.4, -0.2) is 87.3 Å². The summed E-state index contributed by atoms with van der Waals surface area (Å²) in [5.74, 6) is -8.03. The summed E-state index contributed by atoms with van der Waals surface area (Å²) in [5.41, 5.74) is -14.9. The van der Waals surface area contributed by atoms with E-state index in [1.165, 1.54) is 36.4 Å². The molecule has 2 N–H and O–H groups in total. The predicted molar refractivity (Wildman–Crippen MR) is 108 cm³/mol. The van der Waals surface area contributed by atoms with Gasteiger partial charge in [0.2, 0.25) is 0 Å². The first-order valence-electron chi connectivity index (χ1n) is 9.87. The van der Waals surface area contributed by atoms with Crippen LogP contribution in [0, 0.1) is 5.41 Å². The Morgan fingerprint density at radius 3 is 1.03 bits per heavy atom. The lowest BCUT2D eigenvalue weighted by atomic mass is 9.93. The van der Waals surface area contributed by atoms with Gasteiger partial charge in [0.1, 0.15) is 23.2 Å². The summed E-state index contributed by atoms with van der Waals surface area (Å²) in [4.78, 5) is 35.4. The first-order valence-corrected chi connectivity index (χ1v) is 10.9. The predicted octanol–water partition coefficient (Wildman–Crippen LogP) is 3.94. The summed E-state index contributed by atoms with van der Waals surface area (Å²) in [5, 5.41) is 18.1. The largest absolute Gasteiger partial charge is 0.464 e. The first-order chi connectivity index (χ1) is 16.9. The lowest BCUT2D eigenvalue weighted by molar-refractivity contribution is -0.357. The van der Waals surface area contributed by atoms with Crippen LogP contribution in [0.2, 0.25) is 0 Å². The van der Waals surface area contributed by atoms with Crippen molar-refractivity contribution in [3.63, 3.8) is 0 Å². The summed E-state index contributed by atoms with van der Waals surface area (Å²) in [6.07, 6.45) is -26.9. The highest BCUT2D eigenvalue weighted by Crippen LogP contribution is 2.45. The van der Waals surface area contributed by atoms with Crippen molar-refractivity contribution < 1.29 is 91.5 Å². The molecular formula is C18H19F12IO8. The van der Waals surface area contributed by atoms with Crippen molar-refractivity contribution in [2.24, 2.45) is 5.41 Å². The standard InChI is InChI=1S/C18H19F12IO8/c1-4-12(3,31)8(32)37-5-11(2,6-38-9(33)13(35,15(19,20)21)16(22,23)24)7-39-10(34)14(36,17(25,26)27)18(28,29)30/h35-36H,4-7H2,1-3H3. The Labute approximate surface area is 224 Å². The molecule has 0 rings (SSSR count).